The van der Waals surface area contributed by atoms with Gasteiger partial charge >= 0.3 is 6.09 Å². The van der Waals surface area contributed by atoms with Crippen LogP contribution in [0, 0.1) is 5.82 Å². The highest BCUT2D eigenvalue weighted by molar-refractivity contribution is 5.91. The summed E-state index contributed by atoms with van der Waals surface area (Å²) < 4.78 is 12.9. The van der Waals surface area contributed by atoms with Crippen LogP contribution in [0.2, 0.25) is 0 Å². The largest absolute Gasteiger partial charge is 0.465 e. The zero-order valence-corrected chi connectivity index (χ0v) is 9.49. The molecular formula is C11H15FN2O2. The summed E-state index contributed by atoms with van der Waals surface area (Å²) >= 11 is 0. The number of amides is 1. The maximum Gasteiger partial charge on any atom is 0.412 e. The van der Waals surface area contributed by atoms with Crippen molar-refractivity contribution in [1.82, 2.24) is 0 Å². The second-order valence-corrected chi connectivity index (χ2v) is 4.49. The summed E-state index contributed by atoms with van der Waals surface area (Å²) in [5, 5.41) is 9.13. The molecule has 4 nitrogen and oxygen atoms in total. The van der Waals surface area contributed by atoms with Crippen LogP contribution >= 0.6 is 0 Å². The van der Waals surface area contributed by atoms with E-state index in [0.717, 1.165) is 11.0 Å². The van der Waals surface area contributed by atoms with Crippen LogP contribution in [0.4, 0.5) is 20.6 Å². The lowest BCUT2D eigenvalue weighted by Crippen LogP contribution is -2.45. The third-order valence-corrected chi connectivity index (χ3v) is 2.09. The van der Waals surface area contributed by atoms with Gasteiger partial charge in [-0.25, -0.2) is 9.18 Å². The molecule has 88 valence electrons. The predicted molar refractivity (Wildman–Crippen MR) is 61.1 cm³/mol. The molecule has 0 radical (unpaired) electrons. The molecule has 0 aliphatic rings. The maximum atomic E-state index is 12.9. The average Bonchev–Trinajstić information content (AvgIpc) is 2.06. The molecule has 3 N–H and O–H groups in total. The van der Waals surface area contributed by atoms with Gasteiger partial charge in [0.2, 0.25) is 0 Å². The molecule has 1 aromatic rings. The van der Waals surface area contributed by atoms with Gasteiger partial charge in [-0.1, -0.05) is 0 Å². The van der Waals surface area contributed by atoms with E-state index in [1.165, 1.54) is 12.1 Å². The quantitative estimate of drug-likeness (QED) is 0.723. The molecule has 0 spiro atoms. The Balaban J connectivity index is 3.28. The summed E-state index contributed by atoms with van der Waals surface area (Å²) in [4.78, 5) is 12.3. The molecular weight excluding hydrogens is 211 g/mol. The van der Waals surface area contributed by atoms with Gasteiger partial charge in [0.1, 0.15) is 5.82 Å². The van der Waals surface area contributed by atoms with E-state index >= 15 is 0 Å². The van der Waals surface area contributed by atoms with Crippen LogP contribution in [0.25, 0.3) is 0 Å². The number of anilines is 2. The molecule has 0 atom stereocenters. The normalized spacial score (nSPS) is 11.2. The van der Waals surface area contributed by atoms with E-state index in [-0.39, 0.29) is 5.69 Å². The monoisotopic (exact) mass is 226 g/mol. The van der Waals surface area contributed by atoms with E-state index in [1.807, 2.05) is 0 Å². The van der Waals surface area contributed by atoms with Crippen molar-refractivity contribution in [3.63, 3.8) is 0 Å². The number of benzene rings is 1. The van der Waals surface area contributed by atoms with E-state index in [9.17, 15) is 9.18 Å². The van der Waals surface area contributed by atoms with Crippen molar-refractivity contribution >= 4 is 17.5 Å². The zero-order chi connectivity index (χ0) is 12.5. The molecule has 1 rings (SSSR count). The summed E-state index contributed by atoms with van der Waals surface area (Å²) in [6.45, 7) is 5.22. The summed E-state index contributed by atoms with van der Waals surface area (Å²) in [5.41, 5.74) is 5.37. The van der Waals surface area contributed by atoms with Gasteiger partial charge in [-0.2, -0.15) is 0 Å². The van der Waals surface area contributed by atoms with Crippen molar-refractivity contribution in [2.24, 2.45) is 0 Å². The minimum absolute atomic E-state index is 0.109. The van der Waals surface area contributed by atoms with E-state index in [4.69, 9.17) is 10.8 Å². The van der Waals surface area contributed by atoms with E-state index in [2.05, 4.69) is 0 Å². The van der Waals surface area contributed by atoms with Crippen molar-refractivity contribution in [3.05, 3.63) is 24.0 Å². The number of halogens is 1. The van der Waals surface area contributed by atoms with Crippen molar-refractivity contribution in [3.8, 4) is 0 Å². The van der Waals surface area contributed by atoms with Crippen LogP contribution in [0.5, 0.6) is 0 Å². The second kappa shape index (κ2) is 4.00. The number of nitrogen functional groups attached to an aromatic ring is 1. The minimum Gasteiger partial charge on any atom is -0.465 e. The van der Waals surface area contributed by atoms with Gasteiger partial charge in [-0.05, 0) is 39.0 Å². The van der Waals surface area contributed by atoms with Crippen molar-refractivity contribution in [2.75, 3.05) is 10.6 Å². The SMILES string of the molecule is CC(C)(C)N(C(=O)O)c1ccc(F)cc1N. The molecule has 0 bridgehead atoms. The van der Waals surface area contributed by atoms with Gasteiger partial charge in [0.05, 0.1) is 11.4 Å². The minimum atomic E-state index is -1.12. The number of carboxylic acid groups (broad SMARTS) is 1. The van der Waals surface area contributed by atoms with Crippen LogP contribution in [0.15, 0.2) is 18.2 Å². The molecule has 0 aromatic heterocycles. The standard InChI is InChI=1S/C11H15FN2O2/c1-11(2,3)14(10(15)16)9-5-4-7(12)6-8(9)13/h4-6H,13H2,1-3H3,(H,15,16). The van der Waals surface area contributed by atoms with Gasteiger partial charge in [0.25, 0.3) is 0 Å². The summed E-state index contributed by atoms with van der Waals surface area (Å²) in [7, 11) is 0. The summed E-state index contributed by atoms with van der Waals surface area (Å²) in [6.07, 6.45) is -1.12. The molecule has 0 aliphatic carbocycles. The lowest BCUT2D eigenvalue weighted by atomic mass is 10.0. The number of nitrogens with zero attached hydrogens (tertiary/aromatic N) is 1. The molecule has 0 fully saturated rings. The first-order chi connectivity index (χ1) is 7.23. The van der Waals surface area contributed by atoms with Crippen LogP contribution in [0.3, 0.4) is 0 Å². The molecule has 0 saturated heterocycles. The number of hydrogen-bond acceptors (Lipinski definition) is 2. The molecule has 0 saturated carbocycles. The number of rotatable bonds is 1. The van der Waals surface area contributed by atoms with Crippen LogP contribution < -0.4 is 10.6 Å². The fourth-order valence-electron chi connectivity index (χ4n) is 1.48. The van der Waals surface area contributed by atoms with Gasteiger partial charge in [-0.15, -0.1) is 0 Å². The highest BCUT2D eigenvalue weighted by atomic mass is 19.1. The highest BCUT2D eigenvalue weighted by Gasteiger charge is 2.29. The second-order valence-electron chi connectivity index (χ2n) is 4.49. The van der Waals surface area contributed by atoms with E-state index < -0.39 is 17.4 Å². The average molecular weight is 226 g/mol. The number of carbonyl (C=O) groups is 1. The van der Waals surface area contributed by atoms with E-state index in [0.29, 0.717) is 5.69 Å². The maximum absolute atomic E-state index is 12.9. The van der Waals surface area contributed by atoms with Crippen LogP contribution in [0.1, 0.15) is 20.8 Å². The van der Waals surface area contributed by atoms with Crippen LogP contribution in [-0.2, 0) is 0 Å². The molecule has 5 heteroatoms. The lowest BCUT2D eigenvalue weighted by molar-refractivity contribution is 0.195. The zero-order valence-electron chi connectivity index (χ0n) is 9.49. The third-order valence-electron chi connectivity index (χ3n) is 2.09. The lowest BCUT2D eigenvalue weighted by Gasteiger charge is -2.33. The van der Waals surface area contributed by atoms with Crippen molar-refractivity contribution in [1.29, 1.82) is 0 Å². The highest BCUT2D eigenvalue weighted by Crippen LogP contribution is 2.29. The molecule has 0 heterocycles. The topological polar surface area (TPSA) is 66.6 Å². The Morgan fingerprint density at radius 1 is 1.44 bits per heavy atom. The first-order valence-electron chi connectivity index (χ1n) is 4.81. The Morgan fingerprint density at radius 3 is 2.38 bits per heavy atom. The molecule has 16 heavy (non-hydrogen) atoms. The summed E-state index contributed by atoms with van der Waals surface area (Å²) in [6, 6.07) is 3.66. The molecule has 1 aromatic carbocycles. The number of nitrogens with two attached hydrogens (primary N) is 1. The third kappa shape index (κ3) is 2.42. The van der Waals surface area contributed by atoms with E-state index in [1.54, 1.807) is 20.8 Å². The molecule has 1 amide bonds. The fourth-order valence-corrected chi connectivity index (χ4v) is 1.48. The van der Waals surface area contributed by atoms with Crippen molar-refractivity contribution in [2.45, 2.75) is 26.3 Å². The first kappa shape index (κ1) is 12.3. The van der Waals surface area contributed by atoms with Gasteiger partial charge < -0.3 is 10.8 Å². The Hall–Kier alpha value is -1.78. The van der Waals surface area contributed by atoms with Crippen molar-refractivity contribution < 1.29 is 14.3 Å². The number of hydrogen-bond donors (Lipinski definition) is 2. The smallest absolute Gasteiger partial charge is 0.412 e. The Labute approximate surface area is 93.5 Å². The van der Waals surface area contributed by atoms with Gasteiger partial charge in [0.15, 0.2) is 0 Å². The Bertz CT molecular complexity index is 413. The van der Waals surface area contributed by atoms with Crippen LogP contribution in [-0.4, -0.2) is 16.7 Å². The van der Waals surface area contributed by atoms with Gasteiger partial charge in [-0.3, -0.25) is 4.90 Å². The Morgan fingerprint density at radius 2 is 2.00 bits per heavy atom. The molecule has 0 unspecified atom stereocenters. The van der Waals surface area contributed by atoms with Gasteiger partial charge in [0, 0.05) is 5.54 Å². The Kier molecular flexibility index (Phi) is 3.07. The summed E-state index contributed by atoms with van der Waals surface area (Å²) in [5.74, 6) is -0.486. The first-order valence-corrected chi connectivity index (χ1v) is 4.81. The fraction of sp³-hybridized carbons (Fsp3) is 0.364. The predicted octanol–water partition coefficient (Wildman–Crippen LogP) is 2.69. The molecule has 0 aliphatic heterocycles.